The molecule has 0 fully saturated rings. The van der Waals surface area contributed by atoms with Gasteiger partial charge in [-0.2, -0.15) is 0 Å². The molecule has 0 aliphatic carbocycles. The van der Waals surface area contributed by atoms with E-state index >= 15 is 0 Å². The molecule has 1 radical (unpaired) electrons. The summed E-state index contributed by atoms with van der Waals surface area (Å²) in [5.74, 6) is -0.982. The van der Waals surface area contributed by atoms with E-state index in [4.69, 9.17) is 16.7 Å². The second kappa shape index (κ2) is 2.23. The molecule has 0 amide bonds. The van der Waals surface area contributed by atoms with Gasteiger partial charge in [0.25, 0.3) is 0 Å². The molecule has 47 valence electrons. The third-order valence-corrected chi connectivity index (χ3v) is 1.23. The molecule has 1 aromatic carbocycles. The lowest BCUT2D eigenvalue weighted by molar-refractivity contribution is 0.469. The van der Waals surface area contributed by atoms with Gasteiger partial charge in [0, 0.05) is 6.07 Å². The average Bonchev–Trinajstić information content (AvgIpc) is 1.83. The molecule has 1 nitrogen and oxygen atoms in total. The minimum Gasteiger partial charge on any atom is -0.506 e. The summed E-state index contributed by atoms with van der Waals surface area (Å²) < 4.78 is 12.2. The summed E-state index contributed by atoms with van der Waals surface area (Å²) in [4.78, 5) is 0. The number of hydrogen-bond donors (Lipinski definition) is 1. The van der Waals surface area contributed by atoms with E-state index < -0.39 is 5.82 Å². The zero-order valence-corrected chi connectivity index (χ0v) is 5.11. The molecule has 3 heteroatoms. The van der Waals surface area contributed by atoms with E-state index in [1.165, 1.54) is 12.1 Å². The molecule has 0 aromatic heterocycles. The Morgan fingerprint density at radius 2 is 2.33 bits per heavy atom. The van der Waals surface area contributed by atoms with Gasteiger partial charge in [0.05, 0.1) is 0 Å². The van der Waals surface area contributed by atoms with Crippen molar-refractivity contribution in [1.82, 2.24) is 0 Å². The standard InChI is InChI=1S/C6H3ClFO/c7-6-4(8)2-1-3-5(6)9/h1,3,9H. The highest BCUT2D eigenvalue weighted by molar-refractivity contribution is 6.32. The first-order valence-corrected chi connectivity index (χ1v) is 2.64. The highest BCUT2D eigenvalue weighted by Crippen LogP contribution is 2.24. The molecule has 0 saturated carbocycles. The van der Waals surface area contributed by atoms with E-state index in [1.54, 1.807) is 0 Å². The Morgan fingerprint density at radius 3 is 2.78 bits per heavy atom. The first kappa shape index (κ1) is 6.36. The minimum absolute atomic E-state index is 0.257. The van der Waals surface area contributed by atoms with Gasteiger partial charge < -0.3 is 5.11 Å². The van der Waals surface area contributed by atoms with Crippen LogP contribution in [-0.2, 0) is 0 Å². The molecular formula is C6H3ClFO. The first-order chi connectivity index (χ1) is 4.22. The fourth-order valence-corrected chi connectivity index (χ4v) is 0.560. The maximum absolute atomic E-state index is 12.2. The van der Waals surface area contributed by atoms with E-state index in [2.05, 4.69) is 6.07 Å². The smallest absolute Gasteiger partial charge is 0.153 e. The zero-order chi connectivity index (χ0) is 6.85. The van der Waals surface area contributed by atoms with Crippen molar-refractivity contribution in [2.45, 2.75) is 0 Å². The number of rotatable bonds is 0. The van der Waals surface area contributed by atoms with Crippen LogP contribution in [-0.4, -0.2) is 5.11 Å². The summed E-state index contributed by atoms with van der Waals surface area (Å²) in [5.41, 5.74) is 0. The van der Waals surface area contributed by atoms with Gasteiger partial charge in [-0.15, -0.1) is 0 Å². The van der Waals surface area contributed by atoms with Crippen LogP contribution in [0.25, 0.3) is 0 Å². The van der Waals surface area contributed by atoms with Gasteiger partial charge in [-0.05, 0) is 12.1 Å². The summed E-state index contributed by atoms with van der Waals surface area (Å²) in [6, 6.07) is 4.71. The Balaban J connectivity index is 3.25. The van der Waals surface area contributed by atoms with Crippen molar-refractivity contribution in [3.05, 3.63) is 29.0 Å². The second-order valence-corrected chi connectivity index (χ2v) is 1.87. The van der Waals surface area contributed by atoms with Crippen LogP contribution in [0, 0.1) is 11.9 Å². The molecule has 1 N–H and O–H groups in total. The number of halogens is 2. The number of hydrogen-bond acceptors (Lipinski definition) is 1. The van der Waals surface area contributed by atoms with Crippen LogP contribution >= 0.6 is 11.6 Å². The minimum atomic E-state index is -0.725. The lowest BCUT2D eigenvalue weighted by Crippen LogP contribution is -1.74. The topological polar surface area (TPSA) is 20.2 Å². The summed E-state index contributed by atoms with van der Waals surface area (Å²) in [6.07, 6.45) is 0. The SMILES string of the molecule is Oc1cc[c]c(F)c1Cl. The molecule has 0 aliphatic heterocycles. The molecule has 0 saturated heterocycles. The number of phenols is 1. The predicted molar refractivity (Wildman–Crippen MR) is 31.9 cm³/mol. The van der Waals surface area contributed by atoms with E-state index in [1.807, 2.05) is 0 Å². The van der Waals surface area contributed by atoms with Crippen LogP contribution in [0.2, 0.25) is 5.02 Å². The van der Waals surface area contributed by atoms with Crippen LogP contribution in [0.3, 0.4) is 0 Å². The molecule has 0 bridgehead atoms. The zero-order valence-electron chi connectivity index (χ0n) is 4.36. The summed E-state index contributed by atoms with van der Waals surface area (Å²) in [5, 5.41) is 8.43. The van der Waals surface area contributed by atoms with Crippen molar-refractivity contribution in [3.8, 4) is 5.75 Å². The fourth-order valence-electron chi connectivity index (χ4n) is 0.443. The molecule has 9 heavy (non-hydrogen) atoms. The number of aromatic hydroxyl groups is 1. The maximum Gasteiger partial charge on any atom is 0.153 e. The van der Waals surface area contributed by atoms with Gasteiger partial charge >= 0.3 is 0 Å². The van der Waals surface area contributed by atoms with Crippen LogP contribution in [0.4, 0.5) is 4.39 Å². The molecule has 0 heterocycles. The fraction of sp³-hybridized carbons (Fsp3) is 0. The van der Waals surface area contributed by atoms with Gasteiger partial charge in [-0.25, -0.2) is 4.39 Å². The predicted octanol–water partition coefficient (Wildman–Crippen LogP) is 1.98. The van der Waals surface area contributed by atoms with Crippen molar-refractivity contribution < 1.29 is 9.50 Å². The average molecular weight is 146 g/mol. The van der Waals surface area contributed by atoms with Crippen LogP contribution in [0.5, 0.6) is 5.75 Å². The van der Waals surface area contributed by atoms with E-state index in [-0.39, 0.29) is 10.8 Å². The van der Waals surface area contributed by atoms with Crippen LogP contribution in [0.1, 0.15) is 0 Å². The van der Waals surface area contributed by atoms with Gasteiger partial charge in [-0.1, -0.05) is 11.6 Å². The largest absolute Gasteiger partial charge is 0.506 e. The van der Waals surface area contributed by atoms with Crippen molar-refractivity contribution in [3.63, 3.8) is 0 Å². The summed E-state index contributed by atoms with van der Waals surface area (Å²) >= 11 is 5.22. The highest BCUT2D eigenvalue weighted by Gasteiger charge is 2.01. The third kappa shape index (κ3) is 1.13. The van der Waals surface area contributed by atoms with Gasteiger partial charge in [0.1, 0.15) is 10.8 Å². The quantitative estimate of drug-likeness (QED) is 0.592. The first-order valence-electron chi connectivity index (χ1n) is 2.26. The van der Waals surface area contributed by atoms with Crippen molar-refractivity contribution >= 4 is 11.6 Å². The molecule has 0 unspecified atom stereocenters. The second-order valence-electron chi connectivity index (χ2n) is 1.49. The number of benzene rings is 1. The third-order valence-electron chi connectivity index (χ3n) is 0.869. The highest BCUT2D eigenvalue weighted by atomic mass is 35.5. The van der Waals surface area contributed by atoms with Crippen LogP contribution in [0.15, 0.2) is 12.1 Å². The molecule has 0 aliphatic rings. The lowest BCUT2D eigenvalue weighted by Gasteiger charge is -1.93. The number of phenolic OH excluding ortho intramolecular Hbond substituents is 1. The van der Waals surface area contributed by atoms with Crippen molar-refractivity contribution in [2.24, 2.45) is 0 Å². The molecule has 1 rings (SSSR count). The Hall–Kier alpha value is -0.760. The molecule has 0 atom stereocenters. The Labute approximate surface area is 56.7 Å². The maximum atomic E-state index is 12.2. The molecule has 0 spiro atoms. The lowest BCUT2D eigenvalue weighted by atomic mass is 10.3. The van der Waals surface area contributed by atoms with Crippen molar-refractivity contribution in [2.75, 3.05) is 0 Å². The molecule has 1 aromatic rings. The van der Waals surface area contributed by atoms with Gasteiger partial charge in [0.15, 0.2) is 5.82 Å². The van der Waals surface area contributed by atoms with Crippen molar-refractivity contribution in [1.29, 1.82) is 0 Å². The molecular weight excluding hydrogens is 143 g/mol. The van der Waals surface area contributed by atoms with Gasteiger partial charge in [0.2, 0.25) is 0 Å². The van der Waals surface area contributed by atoms with E-state index in [0.717, 1.165) is 0 Å². The van der Waals surface area contributed by atoms with Crippen LogP contribution < -0.4 is 0 Å². The van der Waals surface area contributed by atoms with Gasteiger partial charge in [-0.3, -0.25) is 0 Å². The monoisotopic (exact) mass is 145 g/mol. The summed E-state index contributed by atoms with van der Waals surface area (Å²) in [7, 11) is 0. The Bertz CT molecular complexity index is 204. The Kier molecular flexibility index (Phi) is 1.58. The van der Waals surface area contributed by atoms with E-state index in [0.29, 0.717) is 0 Å². The normalized spacial score (nSPS) is 9.56. The summed E-state index contributed by atoms with van der Waals surface area (Å²) in [6.45, 7) is 0. The Morgan fingerprint density at radius 1 is 1.67 bits per heavy atom. The van der Waals surface area contributed by atoms with E-state index in [9.17, 15) is 4.39 Å².